The van der Waals surface area contributed by atoms with Crippen LogP contribution in [-0.4, -0.2) is 6.72 Å². The van der Waals surface area contributed by atoms with Crippen LogP contribution >= 0.6 is 0 Å². The second kappa shape index (κ2) is 3.07. The first kappa shape index (κ1) is 7.01. The van der Waals surface area contributed by atoms with Gasteiger partial charge in [0, 0.05) is 6.08 Å². The van der Waals surface area contributed by atoms with Crippen molar-refractivity contribution in [1.29, 1.82) is 0 Å². The maximum Gasteiger partial charge on any atom is 0.215 e. The third kappa shape index (κ3) is 3.21. The molecule has 0 unspecified atom stereocenters. The van der Waals surface area contributed by atoms with Crippen LogP contribution in [0, 0.1) is 0 Å². The molecule has 0 spiro atoms. The van der Waals surface area contributed by atoms with Crippen molar-refractivity contribution >= 4 is 6.72 Å². The predicted octanol–water partition coefficient (Wildman–Crippen LogP) is 1.98. The Labute approximate surface area is 46.0 Å². The molecule has 0 aromatic heterocycles. The Morgan fingerprint density at radius 1 is 1.50 bits per heavy atom. The molecular weight excluding hydrogens is 112 g/mol. The van der Waals surface area contributed by atoms with Crippen LogP contribution in [0.4, 0.5) is 8.78 Å². The van der Waals surface area contributed by atoms with Gasteiger partial charge in [-0.1, -0.05) is 6.58 Å². The van der Waals surface area contributed by atoms with E-state index in [-0.39, 0.29) is 0 Å². The number of nitrogens with zero attached hydrogens (tertiary/aromatic N) is 1. The van der Waals surface area contributed by atoms with Crippen LogP contribution in [0.15, 0.2) is 29.4 Å². The molecule has 0 radical (unpaired) electrons. The minimum Gasteiger partial charge on any atom is -0.236 e. The molecule has 0 bridgehead atoms. The molecule has 0 aliphatic rings. The number of halogens is 2. The van der Waals surface area contributed by atoms with Gasteiger partial charge in [-0.05, 0) is 6.72 Å². The summed E-state index contributed by atoms with van der Waals surface area (Å²) in [7, 11) is 0. The Bertz CT molecular complexity index is 137. The Morgan fingerprint density at radius 3 is 2.12 bits per heavy atom. The molecule has 0 heterocycles. The van der Waals surface area contributed by atoms with Crippen LogP contribution < -0.4 is 0 Å². The van der Waals surface area contributed by atoms with E-state index >= 15 is 0 Å². The third-order valence-corrected chi connectivity index (χ3v) is 0.427. The van der Waals surface area contributed by atoms with E-state index in [0.717, 1.165) is 0 Å². The van der Waals surface area contributed by atoms with Gasteiger partial charge in [0.05, 0.1) is 0 Å². The van der Waals surface area contributed by atoms with Gasteiger partial charge in [0.1, 0.15) is 5.83 Å². The zero-order chi connectivity index (χ0) is 6.57. The molecule has 0 amide bonds. The van der Waals surface area contributed by atoms with Gasteiger partial charge >= 0.3 is 0 Å². The van der Waals surface area contributed by atoms with E-state index in [9.17, 15) is 8.78 Å². The fourth-order valence-electron chi connectivity index (χ4n) is 0.175. The Morgan fingerprint density at radius 2 is 2.00 bits per heavy atom. The van der Waals surface area contributed by atoms with E-state index in [1.54, 1.807) is 0 Å². The zero-order valence-electron chi connectivity index (χ0n) is 4.19. The first-order valence-electron chi connectivity index (χ1n) is 1.85. The summed E-state index contributed by atoms with van der Waals surface area (Å²) in [6.45, 7) is 5.58. The molecule has 0 aliphatic heterocycles. The van der Waals surface area contributed by atoms with Crippen molar-refractivity contribution in [3.63, 3.8) is 0 Å². The SMILES string of the molecule is C=N/C(F)=C\C(=C)F. The molecule has 1 nitrogen and oxygen atoms in total. The molecule has 0 aromatic rings. The molecule has 0 aromatic carbocycles. The van der Waals surface area contributed by atoms with Gasteiger partial charge in [0.15, 0.2) is 0 Å². The fraction of sp³-hybridized carbons (Fsp3) is 0. The van der Waals surface area contributed by atoms with Crippen LogP contribution in [0.5, 0.6) is 0 Å². The van der Waals surface area contributed by atoms with Gasteiger partial charge in [0.25, 0.3) is 0 Å². The number of allylic oxidation sites excluding steroid dienone is 2. The largest absolute Gasteiger partial charge is 0.236 e. The summed E-state index contributed by atoms with van der Waals surface area (Å²) in [6, 6.07) is 0. The van der Waals surface area contributed by atoms with E-state index in [0.29, 0.717) is 6.08 Å². The van der Waals surface area contributed by atoms with Crippen LogP contribution in [0.1, 0.15) is 0 Å². The molecule has 0 atom stereocenters. The van der Waals surface area contributed by atoms with Crippen molar-refractivity contribution in [1.82, 2.24) is 0 Å². The molecule has 0 saturated carbocycles. The molecular formula is C5H5F2N. The van der Waals surface area contributed by atoms with Crippen molar-refractivity contribution in [3.05, 3.63) is 24.4 Å². The van der Waals surface area contributed by atoms with Crippen molar-refractivity contribution in [2.24, 2.45) is 4.99 Å². The molecule has 0 fully saturated rings. The normalized spacial score (nSPS) is 11.0. The Kier molecular flexibility index (Phi) is 2.69. The highest BCUT2D eigenvalue weighted by Gasteiger charge is 1.86. The molecule has 3 heteroatoms. The van der Waals surface area contributed by atoms with Crippen LogP contribution in [0.2, 0.25) is 0 Å². The lowest BCUT2D eigenvalue weighted by atomic mass is 10.5. The van der Waals surface area contributed by atoms with Gasteiger partial charge in [0.2, 0.25) is 5.95 Å². The molecule has 0 saturated heterocycles. The smallest absolute Gasteiger partial charge is 0.215 e. The third-order valence-electron chi connectivity index (χ3n) is 0.427. The Balaban J connectivity index is 3.94. The van der Waals surface area contributed by atoms with Gasteiger partial charge in [-0.15, -0.1) is 0 Å². The summed E-state index contributed by atoms with van der Waals surface area (Å²) < 4.78 is 23.3. The van der Waals surface area contributed by atoms with Crippen LogP contribution in [-0.2, 0) is 0 Å². The van der Waals surface area contributed by atoms with E-state index in [4.69, 9.17) is 0 Å². The lowest BCUT2D eigenvalue weighted by Crippen LogP contribution is -1.63. The fourth-order valence-corrected chi connectivity index (χ4v) is 0.175. The first-order chi connectivity index (χ1) is 3.66. The molecule has 44 valence electrons. The lowest BCUT2D eigenvalue weighted by molar-refractivity contribution is 0.608. The number of hydrogen-bond donors (Lipinski definition) is 0. The van der Waals surface area contributed by atoms with E-state index in [1.807, 2.05) is 0 Å². The van der Waals surface area contributed by atoms with Gasteiger partial charge in [-0.2, -0.15) is 4.39 Å². The van der Waals surface area contributed by atoms with Gasteiger partial charge in [-0.3, -0.25) is 0 Å². The maximum absolute atomic E-state index is 11.7. The summed E-state index contributed by atoms with van der Waals surface area (Å²) in [5.74, 6) is -1.83. The van der Waals surface area contributed by atoms with Crippen molar-refractivity contribution in [2.45, 2.75) is 0 Å². The Hall–Kier alpha value is -0.990. The highest BCUT2D eigenvalue weighted by Crippen LogP contribution is 2.02. The molecule has 8 heavy (non-hydrogen) atoms. The monoisotopic (exact) mass is 117 g/mol. The lowest BCUT2D eigenvalue weighted by Gasteiger charge is -1.79. The topological polar surface area (TPSA) is 12.4 Å². The summed E-state index contributed by atoms with van der Waals surface area (Å²) in [6.07, 6.45) is 0.549. The van der Waals surface area contributed by atoms with Gasteiger partial charge in [-0.25, -0.2) is 9.38 Å². The summed E-state index contributed by atoms with van der Waals surface area (Å²) in [5.41, 5.74) is 0. The maximum atomic E-state index is 11.7. The van der Waals surface area contributed by atoms with Gasteiger partial charge < -0.3 is 0 Å². The number of rotatable bonds is 2. The first-order valence-corrected chi connectivity index (χ1v) is 1.85. The molecule has 0 N–H and O–H groups in total. The van der Waals surface area contributed by atoms with E-state index < -0.39 is 11.8 Å². The van der Waals surface area contributed by atoms with E-state index in [2.05, 4.69) is 18.3 Å². The molecule has 0 rings (SSSR count). The number of hydrogen-bond acceptors (Lipinski definition) is 1. The predicted molar refractivity (Wildman–Crippen MR) is 29.0 cm³/mol. The highest BCUT2D eigenvalue weighted by atomic mass is 19.1. The second-order valence-electron chi connectivity index (χ2n) is 1.07. The number of aliphatic imine (C=N–C) groups is 1. The van der Waals surface area contributed by atoms with Crippen molar-refractivity contribution in [2.75, 3.05) is 0 Å². The zero-order valence-corrected chi connectivity index (χ0v) is 4.19. The highest BCUT2D eigenvalue weighted by molar-refractivity contribution is 5.28. The van der Waals surface area contributed by atoms with Crippen LogP contribution in [0.3, 0.4) is 0 Å². The molecule has 0 aliphatic carbocycles. The van der Waals surface area contributed by atoms with Crippen LogP contribution in [0.25, 0.3) is 0 Å². The quantitative estimate of drug-likeness (QED) is 0.298. The second-order valence-corrected chi connectivity index (χ2v) is 1.07. The average Bonchev–Trinajstić information content (AvgIpc) is 1.65. The average molecular weight is 117 g/mol. The summed E-state index contributed by atoms with van der Waals surface area (Å²) >= 11 is 0. The van der Waals surface area contributed by atoms with Crippen molar-refractivity contribution in [3.8, 4) is 0 Å². The summed E-state index contributed by atoms with van der Waals surface area (Å²) in [4.78, 5) is 2.77. The van der Waals surface area contributed by atoms with E-state index in [1.165, 1.54) is 0 Å². The minimum atomic E-state index is -0.961. The summed E-state index contributed by atoms with van der Waals surface area (Å²) in [5, 5.41) is 0. The standard InChI is InChI=1S/C5H5F2N/c1-4(6)3-5(7)8-2/h3H,1-2H2/b5-3-. The van der Waals surface area contributed by atoms with Crippen molar-refractivity contribution < 1.29 is 8.78 Å². The minimum absolute atomic E-state index is 0.549.